The molecule has 0 bridgehead atoms. The molecule has 0 aliphatic heterocycles. The summed E-state index contributed by atoms with van der Waals surface area (Å²) in [6.45, 7) is 5.66. The number of nitrogens with zero attached hydrogens (tertiary/aromatic N) is 1. The molecule has 1 saturated carbocycles. The molecule has 1 aromatic carbocycles. The Morgan fingerprint density at radius 3 is 2.67 bits per heavy atom. The highest BCUT2D eigenvalue weighted by Crippen LogP contribution is 2.32. The molecule has 82 valence electrons. The van der Waals surface area contributed by atoms with E-state index in [1.54, 1.807) is 0 Å². The fourth-order valence-electron chi connectivity index (χ4n) is 1.95. The Morgan fingerprint density at radius 2 is 2.13 bits per heavy atom. The van der Waals surface area contributed by atoms with E-state index >= 15 is 0 Å². The first kappa shape index (κ1) is 10.3. The molecule has 0 spiro atoms. The first-order chi connectivity index (χ1) is 7.16. The second-order valence-electron chi connectivity index (χ2n) is 4.87. The molecular weight excluding hydrogens is 184 g/mol. The molecule has 0 atom stereocenters. The van der Waals surface area contributed by atoms with E-state index < -0.39 is 0 Å². The lowest BCUT2D eigenvalue weighted by atomic mass is 10.1. The topological polar surface area (TPSA) is 29.3 Å². The Kier molecular flexibility index (Phi) is 2.85. The number of nitrogen functional groups attached to an aromatic ring is 1. The summed E-state index contributed by atoms with van der Waals surface area (Å²) in [5.74, 6) is 0.701. The maximum atomic E-state index is 5.82. The van der Waals surface area contributed by atoms with Crippen LogP contribution in [0.4, 0.5) is 11.4 Å². The Bertz CT molecular complexity index is 329. The van der Waals surface area contributed by atoms with Crippen LogP contribution in [0, 0.1) is 5.92 Å². The Hall–Kier alpha value is -1.18. The van der Waals surface area contributed by atoms with E-state index in [9.17, 15) is 0 Å². The summed E-state index contributed by atoms with van der Waals surface area (Å²) in [4.78, 5) is 2.50. The monoisotopic (exact) mass is 204 g/mol. The average Bonchev–Trinajstić information content (AvgIpc) is 2.97. The maximum Gasteiger partial charge on any atom is 0.0389 e. The van der Waals surface area contributed by atoms with E-state index in [1.165, 1.54) is 18.5 Å². The summed E-state index contributed by atoms with van der Waals surface area (Å²) in [5.41, 5.74) is 7.97. The van der Waals surface area contributed by atoms with E-state index in [0.717, 1.165) is 18.3 Å². The van der Waals surface area contributed by atoms with Gasteiger partial charge < -0.3 is 10.6 Å². The standard InChI is InChI=1S/C13H20N2/c1-10(2)9-15(12-6-7-12)13-5-3-4-11(14)8-13/h3-5,8,10,12H,6-7,9,14H2,1-2H3. The van der Waals surface area contributed by atoms with Crippen molar-refractivity contribution in [2.24, 2.45) is 5.92 Å². The molecular formula is C13H20N2. The average molecular weight is 204 g/mol. The van der Waals surface area contributed by atoms with Crippen molar-refractivity contribution in [2.45, 2.75) is 32.7 Å². The Balaban J connectivity index is 2.16. The summed E-state index contributed by atoms with van der Waals surface area (Å²) in [6, 6.07) is 9.00. The number of benzene rings is 1. The zero-order valence-corrected chi connectivity index (χ0v) is 9.61. The minimum Gasteiger partial charge on any atom is -0.399 e. The first-order valence-corrected chi connectivity index (χ1v) is 5.79. The van der Waals surface area contributed by atoms with Gasteiger partial charge in [-0.05, 0) is 37.0 Å². The fraction of sp³-hybridized carbons (Fsp3) is 0.538. The number of rotatable bonds is 4. The smallest absolute Gasteiger partial charge is 0.0389 e. The van der Waals surface area contributed by atoms with Gasteiger partial charge in [0.25, 0.3) is 0 Å². The molecule has 0 heterocycles. The van der Waals surface area contributed by atoms with Crippen molar-refractivity contribution in [1.29, 1.82) is 0 Å². The van der Waals surface area contributed by atoms with Crippen molar-refractivity contribution < 1.29 is 0 Å². The number of nitrogens with two attached hydrogens (primary N) is 1. The molecule has 1 aromatic rings. The molecule has 0 amide bonds. The second-order valence-corrected chi connectivity index (χ2v) is 4.87. The molecule has 1 fully saturated rings. The second kappa shape index (κ2) is 4.13. The minimum absolute atomic E-state index is 0.701. The molecule has 0 aromatic heterocycles. The molecule has 0 radical (unpaired) electrons. The van der Waals surface area contributed by atoms with Gasteiger partial charge in [0.1, 0.15) is 0 Å². The summed E-state index contributed by atoms with van der Waals surface area (Å²) in [7, 11) is 0. The third kappa shape index (κ3) is 2.65. The molecule has 2 N–H and O–H groups in total. The third-order valence-electron chi connectivity index (χ3n) is 2.75. The van der Waals surface area contributed by atoms with Crippen LogP contribution in [0.2, 0.25) is 0 Å². The molecule has 1 aliphatic carbocycles. The highest BCUT2D eigenvalue weighted by molar-refractivity contribution is 5.57. The molecule has 15 heavy (non-hydrogen) atoms. The molecule has 0 saturated heterocycles. The van der Waals surface area contributed by atoms with Crippen LogP contribution in [0.15, 0.2) is 24.3 Å². The summed E-state index contributed by atoms with van der Waals surface area (Å²) in [5, 5.41) is 0. The van der Waals surface area contributed by atoms with Gasteiger partial charge >= 0.3 is 0 Å². The van der Waals surface area contributed by atoms with Crippen LogP contribution in [-0.2, 0) is 0 Å². The van der Waals surface area contributed by atoms with E-state index in [-0.39, 0.29) is 0 Å². The summed E-state index contributed by atoms with van der Waals surface area (Å²) >= 11 is 0. The van der Waals surface area contributed by atoms with Crippen LogP contribution in [0.3, 0.4) is 0 Å². The lowest BCUT2D eigenvalue weighted by Gasteiger charge is -2.26. The molecule has 2 rings (SSSR count). The molecule has 0 unspecified atom stereocenters. The van der Waals surface area contributed by atoms with Crippen LogP contribution in [0.25, 0.3) is 0 Å². The van der Waals surface area contributed by atoms with Gasteiger partial charge in [0.2, 0.25) is 0 Å². The van der Waals surface area contributed by atoms with Gasteiger partial charge in [-0.2, -0.15) is 0 Å². The number of anilines is 2. The first-order valence-electron chi connectivity index (χ1n) is 5.79. The highest BCUT2D eigenvalue weighted by atomic mass is 15.2. The van der Waals surface area contributed by atoms with Gasteiger partial charge in [-0.1, -0.05) is 19.9 Å². The quantitative estimate of drug-likeness (QED) is 0.764. The van der Waals surface area contributed by atoms with Crippen LogP contribution >= 0.6 is 0 Å². The Morgan fingerprint density at radius 1 is 1.40 bits per heavy atom. The van der Waals surface area contributed by atoms with Crippen molar-refractivity contribution in [1.82, 2.24) is 0 Å². The molecule has 2 nitrogen and oxygen atoms in total. The van der Waals surface area contributed by atoms with Gasteiger partial charge in [-0.25, -0.2) is 0 Å². The summed E-state index contributed by atoms with van der Waals surface area (Å²) < 4.78 is 0. The number of hydrogen-bond acceptors (Lipinski definition) is 2. The lowest BCUT2D eigenvalue weighted by Crippen LogP contribution is -2.29. The zero-order valence-electron chi connectivity index (χ0n) is 9.61. The van der Waals surface area contributed by atoms with Gasteiger partial charge in [0.15, 0.2) is 0 Å². The fourth-order valence-corrected chi connectivity index (χ4v) is 1.95. The normalized spacial score (nSPS) is 15.7. The van der Waals surface area contributed by atoms with E-state index in [2.05, 4.69) is 30.9 Å². The van der Waals surface area contributed by atoms with Crippen LogP contribution in [0.5, 0.6) is 0 Å². The van der Waals surface area contributed by atoms with E-state index in [4.69, 9.17) is 5.73 Å². The van der Waals surface area contributed by atoms with Crippen LogP contribution in [-0.4, -0.2) is 12.6 Å². The van der Waals surface area contributed by atoms with Crippen molar-refractivity contribution in [2.75, 3.05) is 17.2 Å². The van der Waals surface area contributed by atoms with Crippen molar-refractivity contribution in [3.63, 3.8) is 0 Å². The molecule has 1 aliphatic rings. The largest absolute Gasteiger partial charge is 0.399 e. The predicted octanol–water partition coefficient (Wildman–Crippen LogP) is 2.89. The third-order valence-corrected chi connectivity index (χ3v) is 2.75. The van der Waals surface area contributed by atoms with Crippen LogP contribution < -0.4 is 10.6 Å². The minimum atomic E-state index is 0.701. The predicted molar refractivity (Wildman–Crippen MR) is 66.1 cm³/mol. The lowest BCUT2D eigenvalue weighted by molar-refractivity contribution is 0.607. The van der Waals surface area contributed by atoms with E-state index in [1.807, 2.05) is 12.1 Å². The van der Waals surface area contributed by atoms with Gasteiger partial charge in [0.05, 0.1) is 0 Å². The van der Waals surface area contributed by atoms with Gasteiger partial charge in [-0.3, -0.25) is 0 Å². The van der Waals surface area contributed by atoms with Crippen molar-refractivity contribution >= 4 is 11.4 Å². The van der Waals surface area contributed by atoms with Gasteiger partial charge in [0, 0.05) is 24.0 Å². The van der Waals surface area contributed by atoms with Crippen LogP contribution in [0.1, 0.15) is 26.7 Å². The zero-order chi connectivity index (χ0) is 10.8. The van der Waals surface area contributed by atoms with Crippen molar-refractivity contribution in [3.8, 4) is 0 Å². The van der Waals surface area contributed by atoms with Crippen molar-refractivity contribution in [3.05, 3.63) is 24.3 Å². The maximum absolute atomic E-state index is 5.82. The summed E-state index contributed by atoms with van der Waals surface area (Å²) in [6.07, 6.45) is 2.67. The molecule has 2 heteroatoms. The van der Waals surface area contributed by atoms with E-state index in [0.29, 0.717) is 5.92 Å². The Labute approximate surface area is 92.1 Å². The SMILES string of the molecule is CC(C)CN(c1cccc(N)c1)C1CC1. The highest BCUT2D eigenvalue weighted by Gasteiger charge is 2.29. The number of hydrogen-bond donors (Lipinski definition) is 1. The van der Waals surface area contributed by atoms with Gasteiger partial charge in [-0.15, -0.1) is 0 Å².